The molecule has 1 saturated heterocycles. The van der Waals surface area contributed by atoms with Gasteiger partial charge in [-0.25, -0.2) is 4.79 Å². The topological polar surface area (TPSA) is 49.9 Å². The van der Waals surface area contributed by atoms with E-state index in [1.807, 2.05) is 6.92 Å². The number of benzene rings is 1. The number of nitrogens with zero attached hydrogens (tertiary/aromatic N) is 2. The predicted molar refractivity (Wildman–Crippen MR) is 98.8 cm³/mol. The predicted octanol–water partition coefficient (Wildman–Crippen LogP) is 2.93. The lowest BCUT2D eigenvalue weighted by Gasteiger charge is -2.33. The summed E-state index contributed by atoms with van der Waals surface area (Å²) in [6.45, 7) is 6.08. The van der Waals surface area contributed by atoms with Crippen LogP contribution in [0.2, 0.25) is 0 Å². The van der Waals surface area contributed by atoms with Crippen LogP contribution in [0.1, 0.15) is 37.0 Å². The van der Waals surface area contributed by atoms with Crippen LogP contribution in [0.3, 0.4) is 0 Å². The number of hydrogen-bond acceptors (Lipinski definition) is 4. The van der Waals surface area contributed by atoms with E-state index < -0.39 is 23.3 Å². The minimum absolute atomic E-state index is 0.0939. The number of halogens is 3. The first-order valence-electron chi connectivity index (χ1n) is 9.80. The number of hydrogen-bond donors (Lipinski definition) is 0. The van der Waals surface area contributed by atoms with Crippen LogP contribution in [0.15, 0.2) is 29.3 Å². The minimum atomic E-state index is -4.43. The van der Waals surface area contributed by atoms with Crippen LogP contribution < -0.4 is 0 Å². The van der Waals surface area contributed by atoms with Crippen LogP contribution in [0.5, 0.6) is 0 Å². The lowest BCUT2D eigenvalue weighted by Crippen LogP contribution is -2.45. The van der Waals surface area contributed by atoms with Crippen molar-refractivity contribution in [2.45, 2.75) is 45.0 Å². The Morgan fingerprint density at radius 2 is 2.00 bits per heavy atom. The second kappa shape index (κ2) is 6.86. The highest BCUT2D eigenvalue weighted by atomic mass is 19.4. The van der Waals surface area contributed by atoms with Gasteiger partial charge in [0, 0.05) is 38.2 Å². The number of alkyl halides is 3. The Bertz CT molecular complexity index is 909. The van der Waals surface area contributed by atoms with Gasteiger partial charge in [0.25, 0.3) is 5.91 Å². The van der Waals surface area contributed by atoms with Gasteiger partial charge in [0.2, 0.25) is 0 Å². The normalized spacial score (nSPS) is 25.0. The summed E-state index contributed by atoms with van der Waals surface area (Å²) in [6.07, 6.45) is -3.40. The van der Waals surface area contributed by atoms with E-state index in [0.717, 1.165) is 30.8 Å². The SMILES string of the molecule is CCN1CCC2(C1)OC(=O)C(C)=C2C(=O)N1CCc2ccc(C(F)(F)F)cc2C1. The standard InChI is InChI=1S/C21H23F3N2O3/c1-3-25-9-7-20(12-25)17(13(2)19(28)29-20)18(27)26-8-6-14-4-5-16(21(22,23)24)10-15(14)11-26/h4-5,10H,3,6-9,11-12H2,1-2H3. The number of likely N-dealkylation sites (tertiary alicyclic amines) is 1. The van der Waals surface area contributed by atoms with E-state index in [0.29, 0.717) is 42.6 Å². The van der Waals surface area contributed by atoms with Crippen molar-refractivity contribution in [3.63, 3.8) is 0 Å². The van der Waals surface area contributed by atoms with Crippen molar-refractivity contribution in [3.8, 4) is 0 Å². The number of rotatable bonds is 2. The van der Waals surface area contributed by atoms with Crippen LogP contribution in [0.4, 0.5) is 13.2 Å². The van der Waals surface area contributed by atoms with Crippen molar-refractivity contribution in [1.29, 1.82) is 0 Å². The third-order valence-corrected chi connectivity index (χ3v) is 6.23. The maximum absolute atomic E-state index is 13.4. The maximum atomic E-state index is 13.4. The number of amides is 1. The van der Waals surface area contributed by atoms with E-state index in [1.54, 1.807) is 11.8 Å². The molecule has 1 unspecified atom stereocenters. The highest BCUT2D eigenvalue weighted by Gasteiger charge is 2.53. The maximum Gasteiger partial charge on any atom is 0.416 e. The van der Waals surface area contributed by atoms with Gasteiger partial charge >= 0.3 is 12.1 Å². The van der Waals surface area contributed by atoms with Gasteiger partial charge in [-0.3, -0.25) is 9.69 Å². The molecule has 4 rings (SSSR count). The number of carbonyl (C=O) groups is 2. The lowest BCUT2D eigenvalue weighted by atomic mass is 9.89. The molecule has 8 heteroatoms. The Balaban J connectivity index is 1.62. The molecule has 1 spiro atoms. The Hall–Kier alpha value is -2.35. The molecule has 1 aromatic rings. The van der Waals surface area contributed by atoms with Crippen LogP contribution in [-0.2, 0) is 33.5 Å². The largest absolute Gasteiger partial charge is 0.449 e. The zero-order chi connectivity index (χ0) is 21.0. The van der Waals surface area contributed by atoms with Crippen molar-refractivity contribution in [3.05, 3.63) is 46.0 Å². The molecule has 1 fully saturated rings. The Morgan fingerprint density at radius 1 is 1.24 bits per heavy atom. The molecule has 0 saturated carbocycles. The summed E-state index contributed by atoms with van der Waals surface area (Å²) < 4.78 is 44.9. The van der Waals surface area contributed by atoms with Gasteiger partial charge in [-0.2, -0.15) is 13.2 Å². The van der Waals surface area contributed by atoms with E-state index >= 15 is 0 Å². The van der Waals surface area contributed by atoms with Gasteiger partial charge in [-0.15, -0.1) is 0 Å². The van der Waals surface area contributed by atoms with Gasteiger partial charge in [0.1, 0.15) is 0 Å². The number of fused-ring (bicyclic) bond motifs is 1. The second-order valence-electron chi connectivity index (χ2n) is 7.96. The number of esters is 1. The zero-order valence-electron chi connectivity index (χ0n) is 16.4. The molecule has 1 aromatic carbocycles. The summed E-state index contributed by atoms with van der Waals surface area (Å²) in [4.78, 5) is 29.4. The van der Waals surface area contributed by atoms with Crippen LogP contribution >= 0.6 is 0 Å². The molecule has 0 aliphatic carbocycles. The van der Waals surface area contributed by atoms with Gasteiger partial charge in [-0.05, 0) is 43.1 Å². The first kappa shape index (κ1) is 19.9. The number of carbonyl (C=O) groups excluding carboxylic acids is 2. The Labute approximate surface area is 167 Å². The van der Waals surface area contributed by atoms with Gasteiger partial charge in [-0.1, -0.05) is 13.0 Å². The molecule has 1 amide bonds. The van der Waals surface area contributed by atoms with Crippen molar-refractivity contribution in [1.82, 2.24) is 9.80 Å². The van der Waals surface area contributed by atoms with Crippen molar-refractivity contribution in [2.75, 3.05) is 26.2 Å². The fourth-order valence-electron chi connectivity index (χ4n) is 4.58. The molecular formula is C21H23F3N2O3. The minimum Gasteiger partial charge on any atom is -0.449 e. The van der Waals surface area contributed by atoms with Gasteiger partial charge in [0.15, 0.2) is 5.60 Å². The molecular weight excluding hydrogens is 385 g/mol. The first-order chi connectivity index (χ1) is 13.6. The summed E-state index contributed by atoms with van der Waals surface area (Å²) in [5, 5.41) is 0. The Kier molecular flexibility index (Phi) is 4.72. The van der Waals surface area contributed by atoms with Gasteiger partial charge < -0.3 is 9.64 Å². The van der Waals surface area contributed by atoms with Crippen LogP contribution in [0, 0.1) is 0 Å². The quantitative estimate of drug-likeness (QED) is 0.707. The highest BCUT2D eigenvalue weighted by molar-refractivity contribution is 6.07. The van der Waals surface area contributed by atoms with E-state index in [-0.39, 0.29) is 12.5 Å². The fourth-order valence-corrected chi connectivity index (χ4v) is 4.58. The summed E-state index contributed by atoms with van der Waals surface area (Å²) in [6, 6.07) is 3.69. The monoisotopic (exact) mass is 408 g/mol. The average molecular weight is 408 g/mol. The molecule has 0 N–H and O–H groups in total. The molecule has 29 heavy (non-hydrogen) atoms. The fraction of sp³-hybridized carbons (Fsp3) is 0.524. The third kappa shape index (κ3) is 3.33. The van der Waals surface area contributed by atoms with E-state index in [2.05, 4.69) is 4.90 Å². The summed E-state index contributed by atoms with van der Waals surface area (Å²) in [7, 11) is 0. The smallest absolute Gasteiger partial charge is 0.416 e. The first-order valence-corrected chi connectivity index (χ1v) is 9.80. The van der Waals surface area contributed by atoms with E-state index in [9.17, 15) is 22.8 Å². The van der Waals surface area contributed by atoms with Crippen molar-refractivity contribution in [2.24, 2.45) is 0 Å². The van der Waals surface area contributed by atoms with E-state index in [4.69, 9.17) is 4.74 Å². The van der Waals surface area contributed by atoms with Crippen molar-refractivity contribution < 1.29 is 27.5 Å². The van der Waals surface area contributed by atoms with Crippen LogP contribution in [0.25, 0.3) is 0 Å². The Morgan fingerprint density at radius 3 is 2.66 bits per heavy atom. The molecule has 156 valence electrons. The number of ether oxygens (including phenoxy) is 1. The lowest BCUT2D eigenvalue weighted by molar-refractivity contribution is -0.147. The highest BCUT2D eigenvalue weighted by Crippen LogP contribution is 2.41. The second-order valence-corrected chi connectivity index (χ2v) is 7.96. The summed E-state index contributed by atoms with van der Waals surface area (Å²) >= 11 is 0. The number of likely N-dealkylation sites (N-methyl/N-ethyl adjacent to an activating group) is 1. The summed E-state index contributed by atoms with van der Waals surface area (Å²) in [5.74, 6) is -0.794. The molecule has 0 radical (unpaired) electrons. The van der Waals surface area contributed by atoms with Crippen molar-refractivity contribution >= 4 is 11.9 Å². The molecule has 5 nitrogen and oxygen atoms in total. The molecule has 3 aliphatic rings. The zero-order valence-corrected chi connectivity index (χ0v) is 16.4. The van der Waals surface area contributed by atoms with Gasteiger partial charge in [0.05, 0.1) is 11.1 Å². The molecule has 3 heterocycles. The molecule has 0 bridgehead atoms. The molecule has 1 atom stereocenters. The average Bonchev–Trinajstić information content (AvgIpc) is 3.20. The molecule has 0 aromatic heterocycles. The van der Waals surface area contributed by atoms with E-state index in [1.165, 1.54) is 6.07 Å². The summed E-state index contributed by atoms with van der Waals surface area (Å²) in [5.41, 5.74) is 0.336. The third-order valence-electron chi connectivity index (χ3n) is 6.23. The molecule has 3 aliphatic heterocycles. The van der Waals surface area contributed by atoms with Crippen LogP contribution in [-0.4, -0.2) is 53.5 Å².